The van der Waals surface area contributed by atoms with Gasteiger partial charge in [0.25, 0.3) is 0 Å². The Kier molecular flexibility index (Phi) is 8.63. The molecule has 0 radical (unpaired) electrons. The molecule has 0 heterocycles. The summed E-state index contributed by atoms with van der Waals surface area (Å²) < 4.78 is 5.14. The van der Waals surface area contributed by atoms with Crippen molar-refractivity contribution in [3.8, 4) is 0 Å². The van der Waals surface area contributed by atoms with E-state index in [9.17, 15) is 39.3 Å². The maximum absolute atomic E-state index is 13.4. The van der Waals surface area contributed by atoms with Crippen LogP contribution >= 0.6 is 0 Å². The number of ether oxygens (including phenoxy) is 1. The first kappa shape index (κ1) is 32.0. The molecule has 0 aliphatic heterocycles. The van der Waals surface area contributed by atoms with Gasteiger partial charge in [0.05, 0.1) is 12.5 Å². The normalized spacial score (nSPS) is 36.2. The zero-order valence-electron chi connectivity index (χ0n) is 24.7. The van der Waals surface area contributed by atoms with Crippen molar-refractivity contribution in [2.45, 2.75) is 90.4 Å². The topological polar surface area (TPSA) is 188 Å². The Bertz CT molecular complexity index is 1220. The quantitative estimate of drug-likeness (QED) is 0.234. The van der Waals surface area contributed by atoms with Crippen LogP contribution < -0.4 is 5.32 Å². The predicted molar refractivity (Wildman–Crippen MR) is 149 cm³/mol. The van der Waals surface area contributed by atoms with Crippen molar-refractivity contribution < 1.29 is 49.1 Å². The van der Waals surface area contributed by atoms with Crippen molar-refractivity contribution in [3.05, 3.63) is 23.8 Å². The second kappa shape index (κ2) is 11.3. The summed E-state index contributed by atoms with van der Waals surface area (Å²) in [6, 6.07) is 0. The molecule has 11 nitrogen and oxygen atoms in total. The number of allylic oxidation sites excluding steroid dienone is 4. The maximum Gasteiger partial charge on any atom is 0.333 e. The first-order chi connectivity index (χ1) is 19.5. The standard InChI is InChI=1S/C31H43NO10/c1-28(2,26(38)27(39)40)16-32-23(36)7-8-24(37)42-15-22(35)31(41)12-10-20-19-6-5-17-13-18(33)9-11-29(17,3)25(19)21(34)14-30(20,31)4/h9,11,13,19-21,25-26,34,38,41H,5-8,10,12,14-16H2,1-4H3,(H,32,36)(H,39,40)/t19-,20+,21+,25-,26-,29-,30-,31+/m0/s1. The molecule has 3 saturated carbocycles. The molecule has 0 bridgehead atoms. The number of carboxylic acids is 1. The van der Waals surface area contributed by atoms with Crippen LogP contribution in [0, 0.1) is 34.0 Å². The molecule has 4 aliphatic rings. The van der Waals surface area contributed by atoms with Crippen LogP contribution in [0.3, 0.4) is 0 Å². The summed E-state index contributed by atoms with van der Waals surface area (Å²) in [7, 11) is 0. The van der Waals surface area contributed by atoms with Gasteiger partial charge in [-0.05, 0) is 56.1 Å². The van der Waals surface area contributed by atoms with E-state index in [1.165, 1.54) is 13.8 Å². The molecule has 0 aromatic rings. The van der Waals surface area contributed by atoms with Gasteiger partial charge in [0.2, 0.25) is 11.7 Å². The van der Waals surface area contributed by atoms with Crippen LogP contribution in [0.15, 0.2) is 23.8 Å². The highest BCUT2D eigenvalue weighted by Crippen LogP contribution is 2.67. The van der Waals surface area contributed by atoms with E-state index in [1.54, 1.807) is 12.2 Å². The van der Waals surface area contributed by atoms with Gasteiger partial charge in [-0.15, -0.1) is 0 Å². The van der Waals surface area contributed by atoms with E-state index in [-0.39, 0.29) is 55.8 Å². The molecule has 0 aromatic carbocycles. The molecule has 11 heteroatoms. The van der Waals surface area contributed by atoms with Crippen molar-refractivity contribution in [1.82, 2.24) is 5.32 Å². The zero-order valence-corrected chi connectivity index (χ0v) is 24.7. The summed E-state index contributed by atoms with van der Waals surface area (Å²) in [4.78, 5) is 60.9. The van der Waals surface area contributed by atoms with Crippen LogP contribution in [0.4, 0.5) is 0 Å². The minimum atomic E-state index is -1.78. The number of aliphatic hydroxyl groups is 3. The molecular weight excluding hydrogens is 546 g/mol. The summed E-state index contributed by atoms with van der Waals surface area (Å²) in [6.07, 6.45) is 4.50. The van der Waals surface area contributed by atoms with Crippen LogP contribution in [0.1, 0.15) is 72.6 Å². The van der Waals surface area contributed by atoms with Gasteiger partial charge in [0, 0.05) is 35.1 Å². The number of carbonyl (C=O) groups is 5. The molecule has 3 fully saturated rings. The van der Waals surface area contributed by atoms with Crippen LogP contribution in [-0.2, 0) is 28.7 Å². The number of hydrogen-bond donors (Lipinski definition) is 5. The minimum Gasteiger partial charge on any atom is -0.479 e. The average Bonchev–Trinajstić information content (AvgIpc) is 3.19. The molecule has 42 heavy (non-hydrogen) atoms. The number of nitrogens with one attached hydrogen (secondary N) is 1. The lowest BCUT2D eigenvalue weighted by Gasteiger charge is -2.59. The Morgan fingerprint density at radius 2 is 1.86 bits per heavy atom. The number of fused-ring (bicyclic) bond motifs is 5. The number of ketones is 2. The van der Waals surface area contributed by atoms with E-state index in [4.69, 9.17) is 9.84 Å². The maximum atomic E-state index is 13.4. The Morgan fingerprint density at radius 1 is 1.17 bits per heavy atom. The summed E-state index contributed by atoms with van der Waals surface area (Å²) >= 11 is 0. The second-order valence-electron chi connectivity index (χ2n) is 13.7. The van der Waals surface area contributed by atoms with Gasteiger partial charge in [-0.25, -0.2) is 4.79 Å². The SMILES string of the molecule is CC(C)(CNC(=O)CCC(=O)OCC(=O)[C@]1(O)CC[C@@H]2[C@@H]3CCC4=CC(=O)C=C[C@]4(C)[C@@H]3[C@H](O)C[C@@]21C)[C@@H](O)C(=O)O. The highest BCUT2D eigenvalue weighted by Gasteiger charge is 2.68. The first-order valence-electron chi connectivity index (χ1n) is 14.7. The van der Waals surface area contributed by atoms with Crippen LogP contribution in [0.25, 0.3) is 0 Å². The van der Waals surface area contributed by atoms with Gasteiger partial charge in [-0.3, -0.25) is 19.2 Å². The van der Waals surface area contributed by atoms with Crippen molar-refractivity contribution in [3.63, 3.8) is 0 Å². The molecular formula is C31H43NO10. The van der Waals surface area contributed by atoms with Gasteiger partial charge >= 0.3 is 11.9 Å². The number of hydrogen-bond acceptors (Lipinski definition) is 9. The third-order valence-electron chi connectivity index (χ3n) is 10.7. The second-order valence-corrected chi connectivity index (χ2v) is 13.7. The van der Waals surface area contributed by atoms with E-state index in [0.717, 1.165) is 12.0 Å². The van der Waals surface area contributed by atoms with E-state index in [2.05, 4.69) is 12.2 Å². The number of Topliss-reactive ketones (excluding diaryl/α,β-unsaturated/α-hetero) is 1. The lowest BCUT2D eigenvalue weighted by Crippen LogP contribution is -2.61. The number of esters is 1. The highest BCUT2D eigenvalue weighted by atomic mass is 16.5. The Morgan fingerprint density at radius 3 is 2.52 bits per heavy atom. The lowest BCUT2D eigenvalue weighted by molar-refractivity contribution is -0.181. The smallest absolute Gasteiger partial charge is 0.333 e. The monoisotopic (exact) mass is 589 g/mol. The lowest BCUT2D eigenvalue weighted by atomic mass is 9.46. The Balaban J connectivity index is 1.33. The molecule has 1 amide bonds. The third kappa shape index (κ3) is 5.46. The highest BCUT2D eigenvalue weighted by molar-refractivity contribution is 6.01. The third-order valence-corrected chi connectivity index (χ3v) is 10.7. The number of aliphatic hydroxyl groups excluding tert-OH is 2. The molecule has 0 unspecified atom stereocenters. The zero-order chi connectivity index (χ0) is 31.3. The average molecular weight is 590 g/mol. The molecule has 4 aliphatic carbocycles. The van der Waals surface area contributed by atoms with Crippen molar-refractivity contribution in [2.75, 3.05) is 13.2 Å². The molecule has 8 atom stereocenters. The number of aliphatic carboxylic acids is 1. The Labute approximate surface area is 245 Å². The van der Waals surface area contributed by atoms with E-state index in [0.29, 0.717) is 12.8 Å². The van der Waals surface area contributed by atoms with E-state index >= 15 is 0 Å². The van der Waals surface area contributed by atoms with Gasteiger partial charge in [0.15, 0.2) is 18.5 Å². The number of carboxylic acid groups (broad SMARTS) is 1. The van der Waals surface area contributed by atoms with E-state index < -0.39 is 64.3 Å². The van der Waals surface area contributed by atoms with E-state index in [1.807, 2.05) is 13.0 Å². The predicted octanol–water partition coefficient (Wildman–Crippen LogP) is 1.48. The van der Waals surface area contributed by atoms with Crippen LogP contribution in [-0.4, -0.2) is 80.8 Å². The Hall–Kier alpha value is -2.89. The number of rotatable bonds is 10. The fourth-order valence-electron chi connectivity index (χ4n) is 8.19. The number of amides is 1. The largest absolute Gasteiger partial charge is 0.479 e. The van der Waals surface area contributed by atoms with Gasteiger partial charge in [-0.1, -0.05) is 39.3 Å². The molecule has 232 valence electrons. The molecule has 4 rings (SSSR count). The van der Waals surface area contributed by atoms with Crippen LogP contribution in [0.2, 0.25) is 0 Å². The minimum absolute atomic E-state index is 0.0347. The van der Waals surface area contributed by atoms with Crippen LogP contribution in [0.5, 0.6) is 0 Å². The fraction of sp³-hybridized carbons (Fsp3) is 0.710. The fourth-order valence-corrected chi connectivity index (χ4v) is 8.19. The van der Waals surface area contributed by atoms with Crippen molar-refractivity contribution >= 4 is 29.4 Å². The summed E-state index contributed by atoms with van der Waals surface area (Å²) in [5.74, 6) is -3.57. The molecule has 5 N–H and O–H groups in total. The van der Waals surface area contributed by atoms with Crippen molar-refractivity contribution in [1.29, 1.82) is 0 Å². The van der Waals surface area contributed by atoms with Gasteiger partial charge in [-0.2, -0.15) is 0 Å². The van der Waals surface area contributed by atoms with Crippen molar-refractivity contribution in [2.24, 2.45) is 34.0 Å². The summed E-state index contributed by atoms with van der Waals surface area (Å²) in [5, 5.41) is 44.4. The summed E-state index contributed by atoms with van der Waals surface area (Å²) in [6.45, 7) is 6.07. The number of carbonyl (C=O) groups excluding carboxylic acids is 4. The summed E-state index contributed by atoms with van der Waals surface area (Å²) in [5.41, 5.74) is -3.28. The molecule has 0 aromatic heterocycles. The van der Waals surface area contributed by atoms with Gasteiger partial charge in [0.1, 0.15) is 5.60 Å². The molecule has 0 saturated heterocycles. The first-order valence-corrected chi connectivity index (χ1v) is 14.7. The van der Waals surface area contributed by atoms with Gasteiger partial charge < -0.3 is 30.5 Å². The molecule has 0 spiro atoms.